The number of nitrogens with one attached hydrogen (secondary N) is 1. The van der Waals surface area contributed by atoms with Crippen LogP contribution in [0.4, 0.5) is 4.79 Å². The zero-order chi connectivity index (χ0) is 11.6. The molecule has 0 bridgehead atoms. The van der Waals surface area contributed by atoms with Gasteiger partial charge >= 0.3 is 6.09 Å². The molecule has 1 fully saturated rings. The van der Waals surface area contributed by atoms with Crippen LogP contribution in [0.5, 0.6) is 0 Å². The molecule has 15 heavy (non-hydrogen) atoms. The second-order valence-electron chi connectivity index (χ2n) is 4.98. The Balaban J connectivity index is 2.39. The number of carbonyl (C=O) groups is 1. The molecular weight excluding hydrogens is 196 g/mol. The number of amides is 1. The fraction of sp³-hybridized carbons (Fsp3) is 0.900. The summed E-state index contributed by atoms with van der Waals surface area (Å²) in [4.78, 5) is 11.4. The van der Waals surface area contributed by atoms with Gasteiger partial charge in [-0.15, -0.1) is 0 Å². The smallest absolute Gasteiger partial charge is 0.407 e. The molecule has 0 saturated heterocycles. The molecule has 0 aromatic carbocycles. The molecule has 88 valence electrons. The van der Waals surface area contributed by atoms with Crippen LogP contribution in [0.15, 0.2) is 0 Å². The zero-order valence-corrected chi connectivity index (χ0v) is 9.49. The third kappa shape index (κ3) is 3.68. The Morgan fingerprint density at radius 2 is 2.07 bits per heavy atom. The van der Waals surface area contributed by atoms with Crippen molar-refractivity contribution in [2.75, 3.05) is 0 Å². The number of carbonyl (C=O) groups excluding carboxylic acids is 1. The largest absolute Gasteiger partial charge is 0.444 e. The van der Waals surface area contributed by atoms with Gasteiger partial charge in [0.1, 0.15) is 5.60 Å². The first-order valence-corrected chi connectivity index (χ1v) is 5.23. The molecule has 0 aromatic rings. The lowest BCUT2D eigenvalue weighted by atomic mass is 10.2. The first-order valence-electron chi connectivity index (χ1n) is 5.23. The van der Waals surface area contributed by atoms with Crippen molar-refractivity contribution in [2.24, 2.45) is 5.73 Å². The Morgan fingerprint density at radius 1 is 1.47 bits per heavy atom. The van der Waals surface area contributed by atoms with Crippen LogP contribution in [0.2, 0.25) is 0 Å². The highest BCUT2D eigenvalue weighted by atomic mass is 16.6. The lowest BCUT2D eigenvalue weighted by Gasteiger charge is -2.23. The molecule has 1 aliphatic carbocycles. The van der Waals surface area contributed by atoms with E-state index in [2.05, 4.69) is 5.32 Å². The van der Waals surface area contributed by atoms with Crippen LogP contribution in [-0.4, -0.2) is 35.0 Å². The van der Waals surface area contributed by atoms with E-state index in [4.69, 9.17) is 10.5 Å². The Kier molecular flexibility index (Phi) is 3.57. The number of hydrogen-bond donors (Lipinski definition) is 3. The number of ether oxygens (including phenoxy) is 1. The molecule has 0 spiro atoms. The lowest BCUT2D eigenvalue weighted by molar-refractivity contribution is 0.0442. The Morgan fingerprint density at radius 3 is 2.47 bits per heavy atom. The Bertz CT molecular complexity index is 237. The van der Waals surface area contributed by atoms with Gasteiger partial charge < -0.3 is 20.9 Å². The summed E-state index contributed by atoms with van der Waals surface area (Å²) in [6.45, 7) is 5.39. The van der Waals surface area contributed by atoms with Crippen LogP contribution >= 0.6 is 0 Å². The predicted molar refractivity (Wildman–Crippen MR) is 56.4 cm³/mol. The van der Waals surface area contributed by atoms with Crippen molar-refractivity contribution < 1.29 is 14.6 Å². The number of aliphatic hydroxyl groups is 1. The average molecular weight is 216 g/mol. The van der Waals surface area contributed by atoms with Crippen molar-refractivity contribution in [1.29, 1.82) is 0 Å². The van der Waals surface area contributed by atoms with Gasteiger partial charge in [-0.25, -0.2) is 4.79 Å². The summed E-state index contributed by atoms with van der Waals surface area (Å²) in [7, 11) is 0. The molecule has 1 rings (SSSR count). The Labute approximate surface area is 90.0 Å². The fourth-order valence-corrected chi connectivity index (χ4v) is 1.63. The van der Waals surface area contributed by atoms with Crippen molar-refractivity contribution in [3.63, 3.8) is 0 Å². The van der Waals surface area contributed by atoms with Gasteiger partial charge in [0.15, 0.2) is 0 Å². The van der Waals surface area contributed by atoms with E-state index in [1.165, 1.54) is 0 Å². The molecule has 0 unspecified atom stereocenters. The minimum Gasteiger partial charge on any atom is -0.444 e. The van der Waals surface area contributed by atoms with Crippen molar-refractivity contribution in [1.82, 2.24) is 5.32 Å². The topological polar surface area (TPSA) is 84.6 Å². The van der Waals surface area contributed by atoms with Gasteiger partial charge in [-0.3, -0.25) is 0 Å². The van der Waals surface area contributed by atoms with Crippen LogP contribution in [0.1, 0.15) is 33.6 Å². The lowest BCUT2D eigenvalue weighted by Crippen LogP contribution is -2.46. The molecule has 0 aromatic heterocycles. The number of aliphatic hydroxyl groups excluding tert-OH is 1. The van der Waals surface area contributed by atoms with Crippen LogP contribution in [0.25, 0.3) is 0 Å². The van der Waals surface area contributed by atoms with E-state index >= 15 is 0 Å². The molecule has 1 aliphatic rings. The molecule has 0 heterocycles. The summed E-state index contributed by atoms with van der Waals surface area (Å²) in [6, 6.07) is -0.528. The summed E-state index contributed by atoms with van der Waals surface area (Å²) in [6.07, 6.45) is 0.251. The van der Waals surface area contributed by atoms with Crippen LogP contribution in [-0.2, 0) is 4.74 Å². The third-order valence-corrected chi connectivity index (χ3v) is 2.36. The SMILES string of the molecule is CC(C)(C)OC(=O)N[C@H]1CC[C@H](N)[C@H]1O. The van der Waals surface area contributed by atoms with Crippen molar-refractivity contribution in [2.45, 2.75) is 57.4 Å². The van der Waals surface area contributed by atoms with Gasteiger partial charge in [0, 0.05) is 6.04 Å². The molecule has 5 nitrogen and oxygen atoms in total. The van der Waals surface area contributed by atoms with Crippen molar-refractivity contribution in [3.05, 3.63) is 0 Å². The molecule has 3 atom stereocenters. The summed E-state index contributed by atoms with van der Waals surface area (Å²) < 4.78 is 5.08. The monoisotopic (exact) mass is 216 g/mol. The van der Waals surface area contributed by atoms with Crippen LogP contribution in [0, 0.1) is 0 Å². The second kappa shape index (κ2) is 4.37. The van der Waals surface area contributed by atoms with E-state index in [0.29, 0.717) is 6.42 Å². The number of alkyl carbamates (subject to hydrolysis) is 1. The van der Waals surface area contributed by atoms with E-state index < -0.39 is 17.8 Å². The van der Waals surface area contributed by atoms with E-state index in [0.717, 1.165) is 6.42 Å². The maximum Gasteiger partial charge on any atom is 0.407 e. The van der Waals surface area contributed by atoms with E-state index in [-0.39, 0.29) is 12.1 Å². The van der Waals surface area contributed by atoms with Gasteiger partial charge in [-0.2, -0.15) is 0 Å². The zero-order valence-electron chi connectivity index (χ0n) is 9.49. The predicted octanol–water partition coefficient (Wildman–Crippen LogP) is 0.362. The number of hydrogen-bond acceptors (Lipinski definition) is 4. The maximum absolute atomic E-state index is 11.4. The summed E-state index contributed by atoms with van der Waals surface area (Å²) in [5, 5.41) is 12.2. The maximum atomic E-state index is 11.4. The second-order valence-corrected chi connectivity index (χ2v) is 4.98. The molecular formula is C10H20N2O3. The van der Waals surface area contributed by atoms with Crippen molar-refractivity contribution >= 4 is 6.09 Å². The van der Waals surface area contributed by atoms with Gasteiger partial charge in [0.2, 0.25) is 0 Å². The quantitative estimate of drug-likeness (QED) is 0.591. The number of rotatable bonds is 1. The Hall–Kier alpha value is -0.810. The number of nitrogens with two attached hydrogens (primary N) is 1. The average Bonchev–Trinajstić information content (AvgIpc) is 2.32. The molecule has 1 saturated carbocycles. The highest BCUT2D eigenvalue weighted by molar-refractivity contribution is 5.68. The normalized spacial score (nSPS) is 31.4. The molecule has 5 heteroatoms. The fourth-order valence-electron chi connectivity index (χ4n) is 1.63. The highest BCUT2D eigenvalue weighted by Crippen LogP contribution is 2.18. The van der Waals surface area contributed by atoms with Crippen LogP contribution in [0.3, 0.4) is 0 Å². The van der Waals surface area contributed by atoms with Gasteiger partial charge in [0.25, 0.3) is 0 Å². The van der Waals surface area contributed by atoms with E-state index in [1.807, 2.05) is 0 Å². The van der Waals surface area contributed by atoms with Crippen LogP contribution < -0.4 is 11.1 Å². The van der Waals surface area contributed by atoms with Gasteiger partial charge in [0.05, 0.1) is 12.1 Å². The van der Waals surface area contributed by atoms with E-state index in [9.17, 15) is 9.90 Å². The molecule has 0 radical (unpaired) electrons. The van der Waals surface area contributed by atoms with Gasteiger partial charge in [-0.05, 0) is 33.6 Å². The third-order valence-electron chi connectivity index (χ3n) is 2.36. The summed E-state index contributed by atoms with van der Waals surface area (Å²) >= 11 is 0. The van der Waals surface area contributed by atoms with E-state index in [1.54, 1.807) is 20.8 Å². The minimum absolute atomic E-state index is 0.245. The molecule has 4 N–H and O–H groups in total. The first-order chi connectivity index (χ1) is 6.79. The molecule has 0 aliphatic heterocycles. The standard InChI is InChI=1S/C10H20N2O3/c1-10(2,3)15-9(14)12-7-5-4-6(11)8(7)13/h6-8,13H,4-5,11H2,1-3H3,(H,12,14)/t6-,7-,8+/m0/s1. The minimum atomic E-state index is -0.669. The molecule has 1 amide bonds. The summed E-state index contributed by atoms with van der Waals surface area (Å²) in [5.74, 6) is 0. The summed E-state index contributed by atoms with van der Waals surface area (Å²) in [5.41, 5.74) is 5.11. The van der Waals surface area contributed by atoms with Gasteiger partial charge in [-0.1, -0.05) is 0 Å². The highest BCUT2D eigenvalue weighted by Gasteiger charge is 2.34. The first kappa shape index (κ1) is 12.3. The van der Waals surface area contributed by atoms with Crippen molar-refractivity contribution in [3.8, 4) is 0 Å².